The minimum Gasteiger partial charge on any atom is -0.493 e. The zero-order chi connectivity index (χ0) is 20.5. The minimum absolute atomic E-state index is 0.0333. The van der Waals surface area contributed by atoms with Gasteiger partial charge in [-0.25, -0.2) is 0 Å². The summed E-state index contributed by atoms with van der Waals surface area (Å²) < 4.78 is 17.7. The fourth-order valence-corrected chi connectivity index (χ4v) is 3.91. The SMILES string of the molecule is O=c1c2ccc(OCCCCCBr)cc2oc2cc(OCCCCCBr)ccc12. The van der Waals surface area contributed by atoms with Gasteiger partial charge in [-0.1, -0.05) is 31.9 Å². The van der Waals surface area contributed by atoms with E-state index in [0.717, 1.165) is 60.7 Å². The molecule has 2 aromatic carbocycles. The third kappa shape index (κ3) is 6.22. The van der Waals surface area contributed by atoms with Gasteiger partial charge in [0.2, 0.25) is 5.43 Å². The zero-order valence-electron chi connectivity index (χ0n) is 16.4. The highest BCUT2D eigenvalue weighted by Crippen LogP contribution is 2.26. The maximum Gasteiger partial charge on any atom is 0.200 e. The number of halogens is 2. The number of unbranched alkanes of at least 4 members (excludes halogenated alkanes) is 4. The summed E-state index contributed by atoms with van der Waals surface area (Å²) in [6.07, 6.45) is 6.53. The van der Waals surface area contributed by atoms with Crippen LogP contribution in [0.25, 0.3) is 21.9 Å². The van der Waals surface area contributed by atoms with Crippen LogP contribution in [-0.2, 0) is 0 Å². The molecule has 0 saturated heterocycles. The van der Waals surface area contributed by atoms with Gasteiger partial charge in [0.25, 0.3) is 0 Å². The van der Waals surface area contributed by atoms with Gasteiger partial charge in [0.15, 0.2) is 0 Å². The van der Waals surface area contributed by atoms with Crippen LogP contribution in [0.15, 0.2) is 45.6 Å². The van der Waals surface area contributed by atoms with Gasteiger partial charge in [-0.2, -0.15) is 0 Å². The molecule has 0 N–H and O–H groups in total. The average Bonchev–Trinajstić information content (AvgIpc) is 2.73. The molecular weight excluding hydrogens is 500 g/mol. The van der Waals surface area contributed by atoms with Crippen molar-refractivity contribution in [3.63, 3.8) is 0 Å². The Morgan fingerprint density at radius 1 is 0.690 bits per heavy atom. The molecule has 3 aromatic rings. The van der Waals surface area contributed by atoms with Crippen LogP contribution in [0, 0.1) is 0 Å². The summed E-state index contributed by atoms with van der Waals surface area (Å²) in [6, 6.07) is 10.8. The molecule has 0 aliphatic rings. The summed E-state index contributed by atoms with van der Waals surface area (Å²) >= 11 is 6.87. The number of hydrogen-bond acceptors (Lipinski definition) is 4. The standard InChI is InChI=1S/C23H26Br2O4/c24-11-3-1-5-13-27-17-7-9-19-21(15-17)29-22-16-18(8-10-20(22)23(19)26)28-14-6-2-4-12-25/h7-10,15-16H,1-6,11-14H2. The van der Waals surface area contributed by atoms with E-state index in [-0.39, 0.29) is 5.43 Å². The topological polar surface area (TPSA) is 48.7 Å². The fourth-order valence-electron chi connectivity index (χ4n) is 3.12. The van der Waals surface area contributed by atoms with Crippen molar-refractivity contribution in [3.05, 3.63) is 46.6 Å². The molecule has 3 rings (SSSR count). The molecule has 1 heterocycles. The van der Waals surface area contributed by atoms with E-state index in [1.807, 2.05) is 12.1 Å². The normalized spacial score (nSPS) is 11.2. The van der Waals surface area contributed by atoms with Gasteiger partial charge in [0.05, 0.1) is 24.0 Å². The molecule has 0 aliphatic heterocycles. The molecule has 29 heavy (non-hydrogen) atoms. The molecule has 4 nitrogen and oxygen atoms in total. The Morgan fingerprint density at radius 2 is 1.17 bits per heavy atom. The van der Waals surface area contributed by atoms with Gasteiger partial charge < -0.3 is 13.9 Å². The van der Waals surface area contributed by atoms with Crippen molar-refractivity contribution in [2.75, 3.05) is 23.9 Å². The molecule has 1 aromatic heterocycles. The molecule has 0 saturated carbocycles. The lowest BCUT2D eigenvalue weighted by Crippen LogP contribution is -2.04. The van der Waals surface area contributed by atoms with Crippen molar-refractivity contribution in [1.29, 1.82) is 0 Å². The van der Waals surface area contributed by atoms with E-state index in [0.29, 0.717) is 35.2 Å². The number of rotatable bonds is 12. The highest BCUT2D eigenvalue weighted by atomic mass is 79.9. The number of fused-ring (bicyclic) bond motifs is 2. The van der Waals surface area contributed by atoms with Crippen LogP contribution in [0.3, 0.4) is 0 Å². The van der Waals surface area contributed by atoms with E-state index in [9.17, 15) is 4.79 Å². The second kappa shape index (κ2) is 11.6. The molecule has 0 bridgehead atoms. The second-order valence-corrected chi connectivity index (χ2v) is 8.53. The van der Waals surface area contributed by atoms with Gasteiger partial charge in [-0.15, -0.1) is 0 Å². The maximum absolute atomic E-state index is 12.8. The van der Waals surface area contributed by atoms with Gasteiger partial charge in [-0.05, 0) is 62.8 Å². The first-order chi connectivity index (χ1) is 14.2. The van der Waals surface area contributed by atoms with Crippen LogP contribution in [0.4, 0.5) is 0 Å². The van der Waals surface area contributed by atoms with Crippen molar-refractivity contribution in [2.24, 2.45) is 0 Å². The predicted molar refractivity (Wildman–Crippen MR) is 126 cm³/mol. The number of ether oxygens (including phenoxy) is 2. The first-order valence-corrected chi connectivity index (χ1v) is 12.4. The summed E-state index contributed by atoms with van der Waals surface area (Å²) in [7, 11) is 0. The molecule has 0 unspecified atom stereocenters. The van der Waals surface area contributed by atoms with E-state index in [2.05, 4.69) is 31.9 Å². The summed E-state index contributed by atoms with van der Waals surface area (Å²) in [5.74, 6) is 1.44. The molecule has 0 atom stereocenters. The average molecular weight is 526 g/mol. The number of benzene rings is 2. The third-order valence-electron chi connectivity index (χ3n) is 4.71. The Balaban J connectivity index is 1.75. The highest BCUT2D eigenvalue weighted by molar-refractivity contribution is 9.09. The largest absolute Gasteiger partial charge is 0.493 e. The maximum atomic E-state index is 12.8. The Hall–Kier alpha value is -1.53. The third-order valence-corrected chi connectivity index (χ3v) is 5.83. The summed E-state index contributed by atoms with van der Waals surface area (Å²) in [5.41, 5.74) is 1.04. The van der Waals surface area contributed by atoms with Crippen molar-refractivity contribution in [3.8, 4) is 11.5 Å². The lowest BCUT2D eigenvalue weighted by atomic mass is 10.1. The number of alkyl halides is 2. The fraction of sp³-hybridized carbons (Fsp3) is 0.435. The minimum atomic E-state index is -0.0333. The molecule has 0 spiro atoms. The van der Waals surface area contributed by atoms with Crippen LogP contribution >= 0.6 is 31.9 Å². The Bertz CT molecular complexity index is 909. The van der Waals surface area contributed by atoms with Crippen molar-refractivity contribution in [2.45, 2.75) is 38.5 Å². The Morgan fingerprint density at radius 3 is 1.62 bits per heavy atom. The molecular formula is C23H26Br2O4. The Labute approximate surface area is 187 Å². The van der Waals surface area contributed by atoms with Gasteiger partial charge >= 0.3 is 0 Å². The second-order valence-electron chi connectivity index (χ2n) is 6.94. The highest BCUT2D eigenvalue weighted by Gasteiger charge is 2.10. The van der Waals surface area contributed by atoms with Crippen LogP contribution in [0.1, 0.15) is 38.5 Å². The lowest BCUT2D eigenvalue weighted by Gasteiger charge is -2.09. The first-order valence-electron chi connectivity index (χ1n) is 10.1. The van der Waals surface area contributed by atoms with Crippen molar-refractivity contribution in [1.82, 2.24) is 0 Å². The van der Waals surface area contributed by atoms with Crippen LogP contribution < -0.4 is 14.9 Å². The predicted octanol–water partition coefficient (Wildman–Crippen LogP) is 6.83. The number of hydrogen-bond donors (Lipinski definition) is 0. The van der Waals surface area contributed by atoms with Crippen molar-refractivity contribution < 1.29 is 13.9 Å². The molecule has 6 heteroatoms. The summed E-state index contributed by atoms with van der Waals surface area (Å²) in [6.45, 7) is 1.31. The Kier molecular flexibility index (Phi) is 8.87. The summed E-state index contributed by atoms with van der Waals surface area (Å²) in [5, 5.41) is 3.16. The van der Waals surface area contributed by atoms with E-state index in [1.165, 1.54) is 0 Å². The lowest BCUT2D eigenvalue weighted by molar-refractivity contribution is 0.306. The van der Waals surface area contributed by atoms with E-state index < -0.39 is 0 Å². The molecule has 156 valence electrons. The van der Waals surface area contributed by atoms with Crippen LogP contribution in [0.5, 0.6) is 11.5 Å². The van der Waals surface area contributed by atoms with Gasteiger partial charge in [-0.3, -0.25) is 4.79 Å². The van der Waals surface area contributed by atoms with Gasteiger partial charge in [0.1, 0.15) is 22.7 Å². The smallest absolute Gasteiger partial charge is 0.200 e. The van der Waals surface area contributed by atoms with E-state index >= 15 is 0 Å². The first kappa shape index (κ1) is 22.2. The molecule has 0 radical (unpaired) electrons. The van der Waals surface area contributed by atoms with Crippen molar-refractivity contribution >= 4 is 53.8 Å². The molecule has 0 amide bonds. The quantitative estimate of drug-likeness (QED) is 0.148. The molecule has 0 aliphatic carbocycles. The molecule has 0 fully saturated rings. The monoisotopic (exact) mass is 524 g/mol. The van der Waals surface area contributed by atoms with Crippen LogP contribution in [0.2, 0.25) is 0 Å². The van der Waals surface area contributed by atoms with E-state index in [1.54, 1.807) is 24.3 Å². The summed E-state index contributed by atoms with van der Waals surface area (Å²) in [4.78, 5) is 12.8. The zero-order valence-corrected chi connectivity index (χ0v) is 19.6. The van der Waals surface area contributed by atoms with Gasteiger partial charge in [0, 0.05) is 22.8 Å². The van der Waals surface area contributed by atoms with E-state index in [4.69, 9.17) is 13.9 Å². The van der Waals surface area contributed by atoms with Crippen LogP contribution in [-0.4, -0.2) is 23.9 Å².